The van der Waals surface area contributed by atoms with Gasteiger partial charge in [-0.05, 0) is 6.42 Å². The van der Waals surface area contributed by atoms with Crippen LogP contribution in [-0.4, -0.2) is 85.4 Å². The second kappa shape index (κ2) is 12.6. The molecule has 6 atom stereocenters. The highest BCUT2D eigenvalue weighted by atomic mass is 32.2. The van der Waals surface area contributed by atoms with Crippen molar-refractivity contribution in [1.29, 1.82) is 0 Å². The molecule has 0 radical (unpaired) electrons. The Morgan fingerprint density at radius 3 is 2.39 bits per heavy atom. The van der Waals surface area contributed by atoms with Gasteiger partial charge in [0.25, 0.3) is 0 Å². The number of ether oxygens (including phenoxy) is 1. The summed E-state index contributed by atoms with van der Waals surface area (Å²) in [7, 11) is -16.8. The molecule has 0 amide bonds. The van der Waals surface area contributed by atoms with Crippen LogP contribution in [0.3, 0.4) is 0 Å². The van der Waals surface area contributed by atoms with Crippen molar-refractivity contribution < 1.29 is 61.4 Å². The predicted octanol–water partition coefficient (Wildman–Crippen LogP) is 0.438. The number of aliphatic hydroxyl groups excluding tert-OH is 2. The topological polar surface area (TPSA) is 292 Å². The van der Waals surface area contributed by atoms with Crippen LogP contribution >= 0.6 is 35.2 Å². The highest BCUT2D eigenvalue weighted by Crippen LogP contribution is 2.66. The normalized spacial score (nSPS) is 25.4. The molecule has 3 rings (SSSR count). The minimum atomic E-state index is -5.73. The Morgan fingerprint density at radius 2 is 1.74 bits per heavy atom. The first-order valence-electron chi connectivity index (χ1n) is 10.9. The number of hydrogen-bond acceptors (Lipinski definition) is 15. The number of unbranched alkanes of at least 4 members (excludes halogenated alkanes) is 3. The lowest BCUT2D eigenvalue weighted by Gasteiger charge is -2.19. The largest absolute Gasteiger partial charge is 0.490 e. The number of aromatic nitrogens is 5. The number of phosphoric acid groups is 3. The van der Waals surface area contributed by atoms with Gasteiger partial charge >= 0.3 is 23.5 Å². The van der Waals surface area contributed by atoms with Crippen molar-refractivity contribution in [3.05, 3.63) is 0 Å². The zero-order valence-electron chi connectivity index (χ0n) is 19.7. The van der Waals surface area contributed by atoms with Crippen molar-refractivity contribution in [3.63, 3.8) is 0 Å². The zero-order chi connectivity index (χ0) is 28.3. The Labute approximate surface area is 219 Å². The van der Waals surface area contributed by atoms with Crippen molar-refractivity contribution in [2.75, 3.05) is 18.1 Å². The van der Waals surface area contributed by atoms with Crippen LogP contribution in [0, 0.1) is 0 Å². The van der Waals surface area contributed by atoms with Gasteiger partial charge < -0.3 is 40.3 Å². The monoisotopic (exact) mass is 624 g/mol. The lowest BCUT2D eigenvalue weighted by atomic mass is 10.1. The highest BCUT2D eigenvalue weighted by molar-refractivity contribution is 7.99. The number of rotatable bonds is 14. The van der Waals surface area contributed by atoms with Crippen molar-refractivity contribution in [1.82, 2.24) is 25.0 Å². The quantitative estimate of drug-likeness (QED) is 0.0649. The van der Waals surface area contributed by atoms with Crippen LogP contribution < -0.4 is 5.73 Å². The zero-order valence-corrected chi connectivity index (χ0v) is 23.2. The molecule has 2 aromatic rings. The van der Waals surface area contributed by atoms with Crippen LogP contribution in [0.15, 0.2) is 5.16 Å². The second-order valence-corrected chi connectivity index (χ2v) is 13.4. The van der Waals surface area contributed by atoms with Gasteiger partial charge in [0.1, 0.15) is 18.3 Å². The summed E-state index contributed by atoms with van der Waals surface area (Å²) in [5.41, 5.74) is 6.15. The highest BCUT2D eigenvalue weighted by Gasteiger charge is 2.47. The lowest BCUT2D eigenvalue weighted by Crippen LogP contribution is -2.33. The van der Waals surface area contributed by atoms with Gasteiger partial charge in [0.15, 0.2) is 28.4 Å². The van der Waals surface area contributed by atoms with Crippen molar-refractivity contribution in [2.45, 2.75) is 62.3 Å². The van der Waals surface area contributed by atoms with Crippen molar-refractivity contribution in [2.24, 2.45) is 0 Å². The van der Waals surface area contributed by atoms with Crippen molar-refractivity contribution >= 4 is 52.2 Å². The Balaban J connectivity index is 1.70. The van der Waals surface area contributed by atoms with Crippen LogP contribution in [0.25, 0.3) is 11.2 Å². The Bertz CT molecular complexity index is 1260. The fraction of sp³-hybridized carbons (Fsp3) is 0.733. The molecular formula is C15H27N6O13P3S. The number of phosphoric ester groups is 1. The third kappa shape index (κ3) is 8.46. The van der Waals surface area contributed by atoms with E-state index in [1.165, 1.54) is 11.8 Å². The minimum absolute atomic E-state index is 0.0227. The van der Waals surface area contributed by atoms with Crippen molar-refractivity contribution in [3.8, 4) is 0 Å². The van der Waals surface area contributed by atoms with Crippen LogP contribution in [0.4, 0.5) is 5.82 Å². The molecular weight excluding hydrogens is 597 g/mol. The summed E-state index contributed by atoms with van der Waals surface area (Å²) in [4.78, 5) is 44.5. The molecule has 8 N–H and O–H groups in total. The molecule has 216 valence electrons. The van der Waals surface area contributed by atoms with Gasteiger partial charge in [-0.25, -0.2) is 23.7 Å². The van der Waals surface area contributed by atoms with Gasteiger partial charge in [-0.2, -0.15) is 13.3 Å². The molecule has 38 heavy (non-hydrogen) atoms. The lowest BCUT2D eigenvalue weighted by molar-refractivity contribution is -0.0567. The molecule has 0 spiro atoms. The first kappa shape index (κ1) is 31.4. The molecule has 0 aromatic carbocycles. The molecule has 1 aliphatic rings. The number of nitrogens with two attached hydrogens (primary N) is 1. The van der Waals surface area contributed by atoms with E-state index in [1.807, 2.05) is 0 Å². The summed E-state index contributed by atoms with van der Waals surface area (Å²) in [5.74, 6) is 0.755. The predicted molar refractivity (Wildman–Crippen MR) is 128 cm³/mol. The van der Waals surface area contributed by atoms with E-state index in [4.69, 9.17) is 20.3 Å². The van der Waals surface area contributed by atoms with Crippen LogP contribution in [0.2, 0.25) is 0 Å². The average molecular weight is 624 g/mol. The molecule has 19 nitrogen and oxygen atoms in total. The summed E-state index contributed by atoms with van der Waals surface area (Å²) < 4.78 is 52.4. The number of nitrogen functional groups attached to an aromatic ring is 1. The summed E-state index contributed by atoms with van der Waals surface area (Å²) >= 11 is 1.36. The van der Waals surface area contributed by atoms with E-state index in [-0.39, 0.29) is 17.0 Å². The first-order valence-corrected chi connectivity index (χ1v) is 16.4. The molecule has 1 fully saturated rings. The average Bonchev–Trinajstić information content (AvgIpc) is 3.31. The summed E-state index contributed by atoms with van der Waals surface area (Å²) in [5, 5.41) is 28.9. The maximum absolute atomic E-state index is 12.0. The number of anilines is 1. The summed E-state index contributed by atoms with van der Waals surface area (Å²) in [6.45, 7) is 1.11. The molecule has 23 heteroatoms. The molecule has 1 aliphatic heterocycles. The molecule has 0 saturated carbocycles. The third-order valence-corrected chi connectivity index (χ3v) is 9.69. The van der Waals surface area contributed by atoms with Crippen LogP contribution in [0.5, 0.6) is 0 Å². The SMILES string of the molecule is CCCCCCSc1nc(N)c2nnn([C@@H]3O[C@H](COP(=O)(O)OP(=O)(O)OP(=O)(O)O)[C@@H](O)[C@H]3O)c2n1. The molecule has 0 aliphatic carbocycles. The molecule has 0 bridgehead atoms. The van der Waals surface area contributed by atoms with E-state index in [2.05, 4.69) is 40.3 Å². The maximum Gasteiger partial charge on any atom is 0.490 e. The third-order valence-electron chi connectivity index (χ3n) is 4.96. The maximum atomic E-state index is 12.0. The number of fused-ring (bicyclic) bond motifs is 1. The van der Waals surface area contributed by atoms with E-state index in [0.717, 1.165) is 36.1 Å². The fourth-order valence-corrected chi connectivity index (χ4v) is 7.17. The number of nitrogens with zero attached hydrogens (tertiary/aromatic N) is 5. The van der Waals surface area contributed by atoms with Gasteiger partial charge in [0.2, 0.25) is 0 Å². The minimum Gasteiger partial charge on any atom is -0.387 e. The molecule has 2 aromatic heterocycles. The Kier molecular flexibility index (Phi) is 10.4. The van der Waals surface area contributed by atoms with Gasteiger partial charge in [0, 0.05) is 5.75 Å². The number of hydrogen-bond donors (Lipinski definition) is 7. The van der Waals surface area contributed by atoms with E-state index >= 15 is 0 Å². The number of aliphatic hydroxyl groups is 2. The Hall–Kier alpha value is -1.08. The van der Waals surface area contributed by atoms with Crippen LogP contribution in [-0.2, 0) is 31.6 Å². The number of thioether (sulfide) groups is 1. The van der Waals surface area contributed by atoms with Gasteiger partial charge in [-0.3, -0.25) is 4.52 Å². The molecule has 1 saturated heterocycles. The van der Waals surface area contributed by atoms with E-state index < -0.39 is 54.6 Å². The van der Waals surface area contributed by atoms with Gasteiger partial charge in [-0.15, -0.1) is 5.10 Å². The molecule has 3 heterocycles. The molecule has 2 unspecified atom stereocenters. The second-order valence-electron chi connectivity index (χ2n) is 7.94. The van der Waals surface area contributed by atoms with E-state index in [0.29, 0.717) is 5.16 Å². The van der Waals surface area contributed by atoms with Crippen LogP contribution in [0.1, 0.15) is 38.8 Å². The Morgan fingerprint density at radius 1 is 1.03 bits per heavy atom. The van der Waals surface area contributed by atoms with Gasteiger partial charge in [-0.1, -0.05) is 43.2 Å². The fourth-order valence-electron chi connectivity index (χ4n) is 3.30. The first-order chi connectivity index (χ1) is 17.6. The summed E-state index contributed by atoms with van der Waals surface area (Å²) in [6, 6.07) is 0. The van der Waals surface area contributed by atoms with E-state index in [1.54, 1.807) is 0 Å². The van der Waals surface area contributed by atoms with E-state index in [9.17, 15) is 33.7 Å². The summed E-state index contributed by atoms with van der Waals surface area (Å²) in [6.07, 6.45) is -2.15. The standard InChI is InChI=1S/C15H27N6O13P3S/c1-2-3-4-5-6-38-15-17-12(16)9-13(18-15)21(20-19-9)14-11(23)10(22)8(32-14)7-31-36(27,28)34-37(29,30)33-35(24,25)26/h8,10-11,14,22-23H,2-7H2,1H3,(H,27,28)(H,29,30)(H2,16,17,18)(H2,24,25,26)/t8-,10-,11-,14-/m1/s1. The van der Waals surface area contributed by atoms with Gasteiger partial charge in [0.05, 0.1) is 6.61 Å². The smallest absolute Gasteiger partial charge is 0.387 e.